The normalized spacial score (nSPS) is 24.3. The second-order valence-electron chi connectivity index (χ2n) is 4.94. The van der Waals surface area contributed by atoms with Crippen molar-refractivity contribution >= 4 is 23.2 Å². The molecule has 18 heavy (non-hydrogen) atoms. The molecule has 0 aromatic carbocycles. The molecule has 2 fully saturated rings. The highest BCUT2D eigenvalue weighted by atomic mass is 32.1. The van der Waals surface area contributed by atoms with Gasteiger partial charge in [0.05, 0.1) is 24.3 Å². The molecule has 1 N–H and O–H groups in total. The molecule has 1 aromatic rings. The molecule has 0 bridgehead atoms. The number of nitrogens with zero attached hydrogens (tertiary/aromatic N) is 2. The molecule has 1 saturated carbocycles. The van der Waals surface area contributed by atoms with E-state index < -0.39 is 0 Å². The number of nitrogens with one attached hydrogen (secondary N) is 1. The van der Waals surface area contributed by atoms with Crippen LogP contribution in [0.4, 0.5) is 0 Å². The Hall–Kier alpha value is -1.43. The van der Waals surface area contributed by atoms with Crippen LogP contribution in [-0.2, 0) is 16.1 Å². The highest BCUT2D eigenvalue weighted by Crippen LogP contribution is 2.34. The number of piperazine rings is 1. The van der Waals surface area contributed by atoms with Crippen molar-refractivity contribution in [3.05, 3.63) is 16.1 Å². The van der Waals surface area contributed by atoms with Crippen molar-refractivity contribution < 1.29 is 9.59 Å². The molecule has 1 aliphatic carbocycles. The summed E-state index contributed by atoms with van der Waals surface area (Å²) >= 11 is 1.53. The summed E-state index contributed by atoms with van der Waals surface area (Å²) in [5, 5.41) is 2.81. The molecule has 3 rings (SSSR count). The summed E-state index contributed by atoms with van der Waals surface area (Å²) in [4.78, 5) is 30.8. The van der Waals surface area contributed by atoms with E-state index in [-0.39, 0.29) is 24.4 Å². The van der Waals surface area contributed by atoms with Gasteiger partial charge in [0.15, 0.2) is 0 Å². The van der Waals surface area contributed by atoms with Crippen molar-refractivity contribution in [2.45, 2.75) is 32.4 Å². The number of thiazole rings is 1. The smallest absolute Gasteiger partial charge is 0.246 e. The molecule has 1 aromatic heterocycles. The summed E-state index contributed by atoms with van der Waals surface area (Å²) < 4.78 is 0. The molecule has 1 atom stereocenters. The minimum atomic E-state index is -0.292. The fraction of sp³-hybridized carbons (Fsp3) is 0.583. The van der Waals surface area contributed by atoms with E-state index >= 15 is 0 Å². The molecule has 2 amide bonds. The topological polar surface area (TPSA) is 62.3 Å². The maximum atomic E-state index is 12.3. The Morgan fingerprint density at radius 2 is 2.28 bits per heavy atom. The summed E-state index contributed by atoms with van der Waals surface area (Å²) in [6, 6.07) is -0.292. The Bertz CT molecular complexity index is 495. The first-order valence-corrected chi connectivity index (χ1v) is 7.00. The quantitative estimate of drug-likeness (QED) is 0.874. The number of carbonyl (C=O) groups is 2. The Morgan fingerprint density at radius 3 is 2.89 bits per heavy atom. The van der Waals surface area contributed by atoms with Crippen molar-refractivity contribution in [1.29, 1.82) is 0 Å². The third-order valence-corrected chi connectivity index (χ3v) is 4.42. The molecule has 2 heterocycles. The van der Waals surface area contributed by atoms with Gasteiger partial charge in [-0.2, -0.15) is 0 Å². The third-order valence-electron chi connectivity index (χ3n) is 3.50. The number of amides is 2. The first-order chi connectivity index (χ1) is 8.65. The van der Waals surface area contributed by atoms with Crippen LogP contribution >= 0.6 is 11.3 Å². The highest BCUT2D eigenvalue weighted by molar-refractivity contribution is 7.09. The Balaban J connectivity index is 1.76. The van der Waals surface area contributed by atoms with Gasteiger partial charge in [-0.1, -0.05) is 0 Å². The van der Waals surface area contributed by atoms with Crippen LogP contribution in [0.15, 0.2) is 5.51 Å². The largest absolute Gasteiger partial charge is 0.342 e. The van der Waals surface area contributed by atoms with Gasteiger partial charge in [0.2, 0.25) is 11.8 Å². The second-order valence-corrected chi connectivity index (χ2v) is 5.88. The molecule has 2 aliphatic rings. The maximum absolute atomic E-state index is 12.3. The van der Waals surface area contributed by atoms with E-state index in [9.17, 15) is 9.59 Å². The van der Waals surface area contributed by atoms with Crippen LogP contribution in [-0.4, -0.2) is 34.3 Å². The van der Waals surface area contributed by atoms with Gasteiger partial charge in [-0.25, -0.2) is 4.98 Å². The minimum absolute atomic E-state index is 0.0475. The molecule has 1 aliphatic heterocycles. The summed E-state index contributed by atoms with van der Waals surface area (Å²) in [6.45, 7) is 2.60. The molecule has 5 nitrogen and oxygen atoms in total. The fourth-order valence-electron chi connectivity index (χ4n) is 2.26. The Kier molecular flexibility index (Phi) is 2.81. The fourth-order valence-corrected chi connectivity index (χ4v) is 3.05. The summed E-state index contributed by atoms with van der Waals surface area (Å²) in [7, 11) is 0. The number of hydrogen-bond donors (Lipinski definition) is 1. The summed E-state index contributed by atoms with van der Waals surface area (Å²) in [6.07, 6.45) is 2.09. The number of rotatable bonds is 3. The molecular formula is C12H15N3O2S. The standard InChI is InChI=1S/C12H15N3O2S/c1-7-9(18-6-13-7)4-15-5-10(16)14-11(12(15)17)8-2-3-8/h6,8,11H,2-5H2,1H3,(H,14,16). The Morgan fingerprint density at radius 1 is 1.50 bits per heavy atom. The predicted octanol–water partition coefficient (Wildman–Crippen LogP) is 0.689. The van der Waals surface area contributed by atoms with Crippen molar-refractivity contribution in [2.75, 3.05) is 6.54 Å². The molecule has 6 heteroatoms. The lowest BCUT2D eigenvalue weighted by Gasteiger charge is -2.32. The van der Waals surface area contributed by atoms with Gasteiger partial charge < -0.3 is 10.2 Å². The van der Waals surface area contributed by atoms with Gasteiger partial charge in [-0.05, 0) is 25.7 Å². The summed E-state index contributed by atoms with van der Waals surface area (Å²) in [5.41, 5.74) is 2.72. The average Bonchev–Trinajstić information content (AvgIpc) is 3.09. The lowest BCUT2D eigenvalue weighted by atomic mass is 10.1. The zero-order valence-electron chi connectivity index (χ0n) is 10.2. The Labute approximate surface area is 109 Å². The van der Waals surface area contributed by atoms with E-state index in [0.29, 0.717) is 12.5 Å². The van der Waals surface area contributed by atoms with E-state index in [1.54, 1.807) is 10.4 Å². The van der Waals surface area contributed by atoms with Crippen molar-refractivity contribution in [3.8, 4) is 0 Å². The van der Waals surface area contributed by atoms with Crippen LogP contribution in [0.1, 0.15) is 23.4 Å². The van der Waals surface area contributed by atoms with Gasteiger partial charge in [0.25, 0.3) is 0 Å². The van der Waals surface area contributed by atoms with E-state index in [1.807, 2.05) is 6.92 Å². The lowest BCUT2D eigenvalue weighted by Crippen LogP contribution is -2.58. The molecule has 0 radical (unpaired) electrons. The second kappa shape index (κ2) is 4.35. The van der Waals surface area contributed by atoms with Crippen LogP contribution in [0, 0.1) is 12.8 Å². The number of hydrogen-bond acceptors (Lipinski definition) is 4. The highest BCUT2D eigenvalue weighted by Gasteiger charge is 2.42. The summed E-state index contributed by atoms with van der Waals surface area (Å²) in [5.74, 6) is 0.366. The van der Waals surface area contributed by atoms with Crippen LogP contribution in [0.2, 0.25) is 0 Å². The number of aryl methyl sites for hydroxylation is 1. The molecule has 96 valence electrons. The van der Waals surface area contributed by atoms with Crippen molar-refractivity contribution in [2.24, 2.45) is 5.92 Å². The third kappa shape index (κ3) is 2.12. The SMILES string of the molecule is Cc1ncsc1CN1CC(=O)NC(C2CC2)C1=O. The minimum Gasteiger partial charge on any atom is -0.342 e. The number of aromatic nitrogens is 1. The van der Waals surface area contributed by atoms with Gasteiger partial charge >= 0.3 is 0 Å². The predicted molar refractivity (Wildman–Crippen MR) is 66.9 cm³/mol. The van der Waals surface area contributed by atoms with E-state index in [0.717, 1.165) is 23.4 Å². The van der Waals surface area contributed by atoms with Gasteiger partial charge in [-0.3, -0.25) is 9.59 Å². The van der Waals surface area contributed by atoms with Crippen molar-refractivity contribution in [3.63, 3.8) is 0 Å². The average molecular weight is 265 g/mol. The maximum Gasteiger partial charge on any atom is 0.246 e. The van der Waals surface area contributed by atoms with Gasteiger partial charge in [0, 0.05) is 4.88 Å². The van der Waals surface area contributed by atoms with Crippen LogP contribution in [0.5, 0.6) is 0 Å². The molecule has 1 unspecified atom stereocenters. The van der Waals surface area contributed by atoms with E-state index in [4.69, 9.17) is 0 Å². The monoisotopic (exact) mass is 265 g/mol. The zero-order chi connectivity index (χ0) is 12.7. The van der Waals surface area contributed by atoms with Gasteiger partial charge in [-0.15, -0.1) is 11.3 Å². The van der Waals surface area contributed by atoms with Crippen molar-refractivity contribution in [1.82, 2.24) is 15.2 Å². The van der Waals surface area contributed by atoms with Crippen LogP contribution in [0.25, 0.3) is 0 Å². The first kappa shape index (κ1) is 11.6. The molecule has 0 spiro atoms. The first-order valence-electron chi connectivity index (χ1n) is 6.12. The zero-order valence-corrected chi connectivity index (χ0v) is 11.0. The van der Waals surface area contributed by atoms with E-state index in [1.165, 1.54) is 11.3 Å². The molecule has 1 saturated heterocycles. The van der Waals surface area contributed by atoms with E-state index in [2.05, 4.69) is 10.3 Å². The van der Waals surface area contributed by atoms with Crippen LogP contribution < -0.4 is 5.32 Å². The lowest BCUT2D eigenvalue weighted by molar-refractivity contribution is -0.145. The van der Waals surface area contributed by atoms with Crippen LogP contribution in [0.3, 0.4) is 0 Å². The number of carbonyl (C=O) groups excluding carboxylic acids is 2. The van der Waals surface area contributed by atoms with Gasteiger partial charge in [0.1, 0.15) is 6.04 Å². The molecular weight excluding hydrogens is 250 g/mol.